The Hall–Kier alpha value is -0.0500. The second-order valence-electron chi connectivity index (χ2n) is 4.39. The first-order valence-electron chi connectivity index (χ1n) is 4.58. The number of nitrogens with zero attached hydrogens (tertiary/aromatic N) is 1. The monoisotopic (exact) mass is 204 g/mol. The highest BCUT2D eigenvalue weighted by atomic mass is 35.5. The van der Waals surface area contributed by atoms with Crippen molar-refractivity contribution in [1.29, 1.82) is 0 Å². The van der Waals surface area contributed by atoms with Crippen LogP contribution in [0.25, 0.3) is 0 Å². The first-order valence-corrected chi connectivity index (χ1v) is 5.02. The van der Waals surface area contributed by atoms with Crippen molar-refractivity contribution >= 4 is 11.6 Å². The van der Waals surface area contributed by atoms with Gasteiger partial charge in [0.2, 0.25) is 0 Å². The molecule has 13 heavy (non-hydrogen) atoms. The van der Waals surface area contributed by atoms with E-state index in [1.807, 2.05) is 6.08 Å². The summed E-state index contributed by atoms with van der Waals surface area (Å²) in [5.74, 6) is 0. The van der Waals surface area contributed by atoms with Crippen LogP contribution in [0.4, 0.5) is 0 Å². The molecule has 0 saturated heterocycles. The van der Waals surface area contributed by atoms with E-state index < -0.39 is 0 Å². The quantitative estimate of drug-likeness (QED) is 0.666. The SMILES string of the molecule is CN(C)CC(C)(C)CNC/C=C/Cl. The van der Waals surface area contributed by atoms with Crippen LogP contribution in [0.15, 0.2) is 11.6 Å². The van der Waals surface area contributed by atoms with Gasteiger partial charge in [0.05, 0.1) is 0 Å². The van der Waals surface area contributed by atoms with Crippen LogP contribution in [0.3, 0.4) is 0 Å². The minimum Gasteiger partial charge on any atom is -0.313 e. The predicted molar refractivity (Wildman–Crippen MR) is 60.2 cm³/mol. The Bertz CT molecular complexity index is 153. The van der Waals surface area contributed by atoms with Gasteiger partial charge in [0.15, 0.2) is 0 Å². The molecule has 0 heterocycles. The van der Waals surface area contributed by atoms with Gasteiger partial charge >= 0.3 is 0 Å². The van der Waals surface area contributed by atoms with Gasteiger partial charge in [-0.25, -0.2) is 0 Å². The summed E-state index contributed by atoms with van der Waals surface area (Å²) < 4.78 is 0. The highest BCUT2D eigenvalue weighted by Crippen LogP contribution is 2.13. The van der Waals surface area contributed by atoms with Gasteiger partial charge in [-0.05, 0) is 19.5 Å². The van der Waals surface area contributed by atoms with Crippen molar-refractivity contribution < 1.29 is 0 Å². The molecule has 2 nitrogen and oxygen atoms in total. The molecule has 0 aliphatic rings. The largest absolute Gasteiger partial charge is 0.313 e. The molecule has 78 valence electrons. The first kappa shape index (κ1) is 12.9. The lowest BCUT2D eigenvalue weighted by atomic mass is 9.93. The van der Waals surface area contributed by atoms with Gasteiger partial charge in [0.1, 0.15) is 0 Å². The fourth-order valence-corrected chi connectivity index (χ4v) is 1.54. The summed E-state index contributed by atoms with van der Waals surface area (Å²) in [4.78, 5) is 2.21. The number of rotatable bonds is 6. The molecule has 0 aliphatic heterocycles. The Labute approximate surface area is 86.9 Å². The van der Waals surface area contributed by atoms with E-state index >= 15 is 0 Å². The van der Waals surface area contributed by atoms with Crippen LogP contribution in [0.5, 0.6) is 0 Å². The fraction of sp³-hybridized carbons (Fsp3) is 0.800. The van der Waals surface area contributed by atoms with E-state index in [-0.39, 0.29) is 0 Å². The van der Waals surface area contributed by atoms with Gasteiger partial charge in [-0.1, -0.05) is 31.5 Å². The van der Waals surface area contributed by atoms with E-state index in [1.54, 1.807) is 5.54 Å². The summed E-state index contributed by atoms with van der Waals surface area (Å²) in [6, 6.07) is 0. The van der Waals surface area contributed by atoms with Crippen LogP contribution >= 0.6 is 11.6 Å². The Morgan fingerprint density at radius 1 is 1.38 bits per heavy atom. The maximum Gasteiger partial charge on any atom is 0.0146 e. The smallest absolute Gasteiger partial charge is 0.0146 e. The number of halogens is 1. The molecular weight excluding hydrogens is 184 g/mol. The van der Waals surface area contributed by atoms with E-state index in [4.69, 9.17) is 11.6 Å². The van der Waals surface area contributed by atoms with E-state index in [2.05, 4.69) is 38.2 Å². The number of nitrogens with one attached hydrogen (secondary N) is 1. The number of hydrogen-bond donors (Lipinski definition) is 1. The van der Waals surface area contributed by atoms with Crippen molar-refractivity contribution in [2.24, 2.45) is 5.41 Å². The van der Waals surface area contributed by atoms with E-state index in [9.17, 15) is 0 Å². The van der Waals surface area contributed by atoms with Gasteiger partial charge in [-0.2, -0.15) is 0 Å². The van der Waals surface area contributed by atoms with Gasteiger partial charge < -0.3 is 10.2 Å². The van der Waals surface area contributed by atoms with Crippen LogP contribution < -0.4 is 5.32 Å². The van der Waals surface area contributed by atoms with Crippen molar-refractivity contribution in [2.45, 2.75) is 13.8 Å². The summed E-state index contributed by atoms with van der Waals surface area (Å²) in [7, 11) is 4.20. The maximum atomic E-state index is 5.41. The minimum absolute atomic E-state index is 0.309. The lowest BCUT2D eigenvalue weighted by Gasteiger charge is -2.28. The molecule has 0 aromatic carbocycles. The van der Waals surface area contributed by atoms with Crippen LogP contribution in [-0.4, -0.2) is 38.6 Å². The van der Waals surface area contributed by atoms with Crippen molar-refractivity contribution in [1.82, 2.24) is 10.2 Å². The van der Waals surface area contributed by atoms with Gasteiger partial charge in [0.25, 0.3) is 0 Å². The Balaban J connectivity index is 3.62. The lowest BCUT2D eigenvalue weighted by molar-refractivity contribution is 0.235. The van der Waals surface area contributed by atoms with Gasteiger partial charge in [-0.3, -0.25) is 0 Å². The minimum atomic E-state index is 0.309. The van der Waals surface area contributed by atoms with E-state index in [1.165, 1.54) is 0 Å². The molecule has 0 aliphatic carbocycles. The molecule has 0 spiro atoms. The third-order valence-corrected chi connectivity index (χ3v) is 1.88. The van der Waals surface area contributed by atoms with Crippen molar-refractivity contribution in [3.63, 3.8) is 0 Å². The summed E-state index contributed by atoms with van der Waals surface area (Å²) in [6.45, 7) is 7.45. The summed E-state index contributed by atoms with van der Waals surface area (Å²) >= 11 is 5.41. The number of hydrogen-bond acceptors (Lipinski definition) is 2. The second-order valence-corrected chi connectivity index (χ2v) is 4.65. The standard InChI is InChI=1S/C10H21ClN2/c1-10(2,9-13(3)4)8-12-7-5-6-11/h5-6,12H,7-9H2,1-4H3/b6-5+. The molecule has 0 fully saturated rings. The van der Waals surface area contributed by atoms with Crippen LogP contribution in [0.1, 0.15) is 13.8 Å². The van der Waals surface area contributed by atoms with Gasteiger partial charge in [-0.15, -0.1) is 0 Å². The molecule has 0 atom stereocenters. The third kappa shape index (κ3) is 8.28. The molecule has 0 aromatic heterocycles. The normalized spacial score (nSPS) is 13.1. The van der Waals surface area contributed by atoms with Crippen molar-refractivity contribution in [3.05, 3.63) is 11.6 Å². The first-order chi connectivity index (χ1) is 5.98. The molecule has 0 amide bonds. The topological polar surface area (TPSA) is 15.3 Å². The van der Waals surface area contributed by atoms with Crippen molar-refractivity contribution in [2.75, 3.05) is 33.7 Å². The Morgan fingerprint density at radius 2 is 2.00 bits per heavy atom. The molecular formula is C10H21ClN2. The van der Waals surface area contributed by atoms with Crippen LogP contribution in [0, 0.1) is 5.41 Å². The molecule has 0 saturated carbocycles. The molecule has 3 heteroatoms. The Morgan fingerprint density at radius 3 is 2.46 bits per heavy atom. The molecule has 0 bridgehead atoms. The highest BCUT2D eigenvalue weighted by Gasteiger charge is 2.17. The van der Waals surface area contributed by atoms with Crippen LogP contribution in [-0.2, 0) is 0 Å². The van der Waals surface area contributed by atoms with Crippen LogP contribution in [0.2, 0.25) is 0 Å². The molecule has 1 N–H and O–H groups in total. The molecule has 0 unspecified atom stereocenters. The second kappa shape index (κ2) is 6.41. The average Bonchev–Trinajstić information content (AvgIpc) is 1.95. The summed E-state index contributed by atoms with van der Waals surface area (Å²) in [6.07, 6.45) is 1.91. The predicted octanol–water partition coefficient (Wildman–Crippen LogP) is 1.92. The third-order valence-electron chi connectivity index (χ3n) is 1.70. The maximum absolute atomic E-state index is 5.41. The zero-order valence-corrected chi connectivity index (χ0v) is 9.86. The average molecular weight is 205 g/mol. The molecule has 0 rings (SSSR count). The fourth-order valence-electron chi connectivity index (χ4n) is 1.45. The van der Waals surface area contributed by atoms with E-state index in [0.717, 1.165) is 19.6 Å². The zero-order chi connectivity index (χ0) is 10.3. The zero-order valence-electron chi connectivity index (χ0n) is 9.10. The summed E-state index contributed by atoms with van der Waals surface area (Å²) in [5.41, 5.74) is 1.86. The summed E-state index contributed by atoms with van der Waals surface area (Å²) in [5, 5.41) is 3.33. The van der Waals surface area contributed by atoms with Crippen molar-refractivity contribution in [3.8, 4) is 0 Å². The Kier molecular flexibility index (Phi) is 6.39. The lowest BCUT2D eigenvalue weighted by Crippen LogP contribution is -2.37. The molecule has 0 aromatic rings. The molecule has 0 radical (unpaired) electrons. The highest BCUT2D eigenvalue weighted by molar-refractivity contribution is 6.25. The van der Waals surface area contributed by atoms with Gasteiger partial charge in [0, 0.05) is 25.2 Å². The van der Waals surface area contributed by atoms with E-state index in [0.29, 0.717) is 5.41 Å².